The summed E-state index contributed by atoms with van der Waals surface area (Å²) in [6, 6.07) is 4.91. The van der Waals surface area contributed by atoms with E-state index in [0.717, 1.165) is 5.56 Å². The fraction of sp³-hybridized carbons (Fsp3) is 0.526. The molecule has 2 saturated heterocycles. The lowest BCUT2D eigenvalue weighted by molar-refractivity contribution is -0.138. The number of amides is 3. The van der Waals surface area contributed by atoms with Gasteiger partial charge < -0.3 is 29.3 Å². The minimum absolute atomic E-state index is 0.0681. The monoisotopic (exact) mass is 389 g/mol. The van der Waals surface area contributed by atoms with Gasteiger partial charge in [-0.2, -0.15) is 0 Å². The highest BCUT2D eigenvalue weighted by atomic mass is 16.7. The molecule has 0 aromatic heterocycles. The smallest absolute Gasteiger partial charge is 0.243 e. The minimum Gasteiger partial charge on any atom is -0.454 e. The number of ether oxygens (including phenoxy) is 3. The zero-order valence-electron chi connectivity index (χ0n) is 15.5. The maximum Gasteiger partial charge on any atom is 0.243 e. The van der Waals surface area contributed by atoms with Crippen molar-refractivity contribution in [2.75, 3.05) is 39.6 Å². The van der Waals surface area contributed by atoms with Gasteiger partial charge in [-0.05, 0) is 24.1 Å². The molecule has 0 bridgehead atoms. The summed E-state index contributed by atoms with van der Waals surface area (Å²) < 4.78 is 15.9. The summed E-state index contributed by atoms with van der Waals surface area (Å²) in [6.07, 6.45) is 0.765. The van der Waals surface area contributed by atoms with E-state index < -0.39 is 6.04 Å². The first kappa shape index (κ1) is 18.5. The Labute approximate surface area is 162 Å². The van der Waals surface area contributed by atoms with E-state index >= 15 is 0 Å². The summed E-state index contributed by atoms with van der Waals surface area (Å²) in [4.78, 5) is 40.4. The van der Waals surface area contributed by atoms with Crippen molar-refractivity contribution in [2.24, 2.45) is 0 Å². The van der Waals surface area contributed by atoms with E-state index in [2.05, 4.69) is 5.32 Å². The molecule has 150 valence electrons. The van der Waals surface area contributed by atoms with Crippen molar-refractivity contribution in [3.63, 3.8) is 0 Å². The molecular formula is C19H23N3O6. The molecule has 3 heterocycles. The number of benzene rings is 1. The molecule has 0 radical (unpaired) electrons. The van der Waals surface area contributed by atoms with Crippen molar-refractivity contribution in [2.45, 2.75) is 25.4 Å². The third kappa shape index (κ3) is 3.89. The van der Waals surface area contributed by atoms with E-state index in [-0.39, 0.29) is 31.1 Å². The van der Waals surface area contributed by atoms with Crippen molar-refractivity contribution < 1.29 is 28.6 Å². The second kappa shape index (κ2) is 8.05. The molecule has 1 atom stereocenters. The summed E-state index contributed by atoms with van der Waals surface area (Å²) in [5, 5.41) is 2.69. The molecule has 1 aromatic rings. The highest BCUT2D eigenvalue weighted by Crippen LogP contribution is 2.33. The molecule has 4 rings (SSSR count). The maximum absolute atomic E-state index is 12.6. The molecule has 28 heavy (non-hydrogen) atoms. The Morgan fingerprint density at radius 3 is 2.75 bits per heavy atom. The van der Waals surface area contributed by atoms with Gasteiger partial charge in [0.15, 0.2) is 11.5 Å². The lowest BCUT2D eigenvalue weighted by Crippen LogP contribution is -2.49. The Morgan fingerprint density at radius 1 is 1.14 bits per heavy atom. The largest absolute Gasteiger partial charge is 0.454 e. The predicted octanol–water partition coefficient (Wildman–Crippen LogP) is -0.119. The van der Waals surface area contributed by atoms with Gasteiger partial charge in [0.1, 0.15) is 6.04 Å². The zero-order valence-corrected chi connectivity index (χ0v) is 15.5. The second-order valence-electron chi connectivity index (χ2n) is 6.97. The molecular weight excluding hydrogens is 366 g/mol. The van der Waals surface area contributed by atoms with Crippen LogP contribution in [0.4, 0.5) is 0 Å². The minimum atomic E-state index is -0.574. The summed E-state index contributed by atoms with van der Waals surface area (Å²) in [7, 11) is 0. The van der Waals surface area contributed by atoms with E-state index in [4.69, 9.17) is 14.2 Å². The molecule has 1 aromatic carbocycles. The van der Waals surface area contributed by atoms with Gasteiger partial charge >= 0.3 is 0 Å². The third-order valence-corrected chi connectivity index (χ3v) is 5.20. The normalized spacial score (nSPS) is 21.1. The number of nitrogens with one attached hydrogen (secondary N) is 1. The van der Waals surface area contributed by atoms with Gasteiger partial charge in [0.2, 0.25) is 24.5 Å². The van der Waals surface area contributed by atoms with Crippen molar-refractivity contribution in [1.82, 2.24) is 15.1 Å². The number of hydrogen-bond acceptors (Lipinski definition) is 6. The van der Waals surface area contributed by atoms with Crippen LogP contribution in [0.1, 0.15) is 18.4 Å². The quantitative estimate of drug-likeness (QED) is 0.754. The summed E-state index contributed by atoms with van der Waals surface area (Å²) in [5.41, 5.74) is 0.863. The van der Waals surface area contributed by atoms with Crippen molar-refractivity contribution in [3.05, 3.63) is 23.8 Å². The van der Waals surface area contributed by atoms with Gasteiger partial charge in [0.05, 0.1) is 19.8 Å². The van der Waals surface area contributed by atoms with Crippen molar-refractivity contribution in [1.29, 1.82) is 0 Å². The maximum atomic E-state index is 12.6. The zero-order chi connectivity index (χ0) is 19.5. The molecule has 0 aliphatic carbocycles. The Bertz CT molecular complexity index is 777. The lowest BCUT2D eigenvalue weighted by Gasteiger charge is -2.28. The average Bonchev–Trinajstić information content (AvgIpc) is 3.33. The number of carbonyl (C=O) groups excluding carboxylic acids is 3. The second-order valence-corrected chi connectivity index (χ2v) is 6.97. The van der Waals surface area contributed by atoms with Gasteiger partial charge in [-0.1, -0.05) is 6.07 Å². The van der Waals surface area contributed by atoms with Crippen LogP contribution in [-0.2, 0) is 25.7 Å². The number of morpholine rings is 1. The molecule has 2 fully saturated rings. The van der Waals surface area contributed by atoms with E-state index in [1.807, 2.05) is 12.1 Å². The van der Waals surface area contributed by atoms with Crippen molar-refractivity contribution >= 4 is 17.7 Å². The molecule has 0 saturated carbocycles. The Morgan fingerprint density at radius 2 is 1.93 bits per heavy atom. The van der Waals surface area contributed by atoms with Gasteiger partial charge in [-0.3, -0.25) is 14.4 Å². The van der Waals surface area contributed by atoms with Crippen LogP contribution in [0, 0.1) is 0 Å². The summed E-state index contributed by atoms with van der Waals surface area (Å²) in [6.45, 7) is 2.52. The number of rotatable bonds is 5. The fourth-order valence-corrected chi connectivity index (χ4v) is 3.65. The van der Waals surface area contributed by atoms with Crippen LogP contribution in [0.5, 0.6) is 11.5 Å². The van der Waals surface area contributed by atoms with Gasteiger partial charge in [-0.15, -0.1) is 0 Å². The topological polar surface area (TPSA) is 97.4 Å². The van der Waals surface area contributed by atoms with Gasteiger partial charge in [-0.25, -0.2) is 0 Å². The lowest BCUT2D eigenvalue weighted by atomic mass is 10.1. The van der Waals surface area contributed by atoms with Crippen LogP contribution in [0.25, 0.3) is 0 Å². The molecule has 1 N–H and O–H groups in total. The summed E-state index contributed by atoms with van der Waals surface area (Å²) in [5.74, 6) is 0.808. The highest BCUT2D eigenvalue weighted by molar-refractivity contribution is 5.93. The first-order valence-corrected chi connectivity index (χ1v) is 9.43. The van der Waals surface area contributed by atoms with Crippen LogP contribution in [0.15, 0.2) is 18.2 Å². The van der Waals surface area contributed by atoms with Gasteiger partial charge in [0, 0.05) is 26.1 Å². The van der Waals surface area contributed by atoms with Crippen molar-refractivity contribution in [3.8, 4) is 11.5 Å². The molecule has 3 amide bonds. The number of fused-ring (bicyclic) bond motifs is 1. The van der Waals surface area contributed by atoms with E-state index in [1.165, 1.54) is 0 Å². The molecule has 0 spiro atoms. The molecule has 9 heteroatoms. The van der Waals surface area contributed by atoms with Crippen LogP contribution in [-0.4, -0.2) is 73.2 Å². The van der Waals surface area contributed by atoms with E-state index in [0.29, 0.717) is 57.2 Å². The number of likely N-dealkylation sites (tertiary alicyclic amines) is 1. The standard InChI is InChI=1S/C19H23N3O6/c23-17-4-2-14(19(25)20-10-18(24)21-5-7-26-8-6-21)22(17)11-13-1-3-15-16(9-13)28-12-27-15/h1,3,9,14H,2,4-8,10-12H2,(H,20,25). The van der Waals surface area contributed by atoms with Crippen LogP contribution in [0.2, 0.25) is 0 Å². The van der Waals surface area contributed by atoms with Crippen LogP contribution in [0.3, 0.4) is 0 Å². The van der Waals surface area contributed by atoms with E-state index in [1.54, 1.807) is 15.9 Å². The molecule has 9 nitrogen and oxygen atoms in total. The summed E-state index contributed by atoms with van der Waals surface area (Å²) >= 11 is 0. The molecule has 3 aliphatic heterocycles. The highest BCUT2D eigenvalue weighted by Gasteiger charge is 2.36. The van der Waals surface area contributed by atoms with Gasteiger partial charge in [0.25, 0.3) is 0 Å². The van der Waals surface area contributed by atoms with Crippen LogP contribution < -0.4 is 14.8 Å². The number of nitrogens with zero attached hydrogens (tertiary/aromatic N) is 2. The predicted molar refractivity (Wildman–Crippen MR) is 96.5 cm³/mol. The SMILES string of the molecule is O=C(NCC(=O)N1CCOCC1)C1CCC(=O)N1Cc1ccc2c(c1)OCO2. The Balaban J connectivity index is 1.35. The Hall–Kier alpha value is -2.81. The third-order valence-electron chi connectivity index (χ3n) is 5.20. The first-order chi connectivity index (χ1) is 13.6. The number of carbonyl (C=O) groups is 3. The molecule has 1 unspecified atom stereocenters. The number of hydrogen-bond donors (Lipinski definition) is 1. The molecule has 3 aliphatic rings. The fourth-order valence-electron chi connectivity index (χ4n) is 3.65. The Kier molecular flexibility index (Phi) is 5.34. The van der Waals surface area contributed by atoms with E-state index in [9.17, 15) is 14.4 Å². The van der Waals surface area contributed by atoms with Crippen LogP contribution >= 0.6 is 0 Å². The first-order valence-electron chi connectivity index (χ1n) is 9.43. The average molecular weight is 389 g/mol.